The Hall–Kier alpha value is 0.0500. The van der Waals surface area contributed by atoms with Gasteiger partial charge in [0.15, 0.2) is 0 Å². The summed E-state index contributed by atoms with van der Waals surface area (Å²) in [6.45, 7) is 4.66. The average molecular weight is 316 g/mol. The van der Waals surface area contributed by atoms with Crippen molar-refractivity contribution >= 4 is 0 Å². The number of unbranched alkanes of at least 4 members (excludes halogenated alkanes) is 6. The van der Waals surface area contributed by atoms with Crippen LogP contribution in [0.2, 0.25) is 0 Å². The maximum Gasteiger partial charge on any atom is 0.102 e. The molecular weight excluding hydrogens is 286 g/mol. The summed E-state index contributed by atoms with van der Waals surface area (Å²) in [5.74, 6) is 0. The van der Waals surface area contributed by atoms with E-state index in [0.29, 0.717) is 6.61 Å². The van der Waals surface area contributed by atoms with Crippen molar-refractivity contribution in [2.75, 3.05) is 33.8 Å². The first-order chi connectivity index (χ1) is 9.12. The number of rotatable bonds is 10. The van der Waals surface area contributed by atoms with Gasteiger partial charge in [0.25, 0.3) is 0 Å². The second-order valence-electron chi connectivity index (χ2n) is 5.61. The van der Waals surface area contributed by atoms with Crippen molar-refractivity contribution < 1.29 is 38.5 Å². The highest BCUT2D eigenvalue weighted by molar-refractivity contribution is 4.45. The first kappa shape index (κ1) is 22.3. The Morgan fingerprint density at radius 1 is 0.800 bits per heavy atom. The number of hydrogen-bond donors (Lipinski definition) is 1. The van der Waals surface area contributed by atoms with Gasteiger partial charge in [-0.3, -0.25) is 0 Å². The molecule has 0 atom stereocenters. The highest BCUT2D eigenvalue weighted by atomic mass is 35.7. The van der Waals surface area contributed by atoms with Gasteiger partial charge < -0.3 is 9.59 Å². The summed E-state index contributed by atoms with van der Waals surface area (Å²) in [7, 11) is -0.541. The Bertz CT molecular complexity index is 203. The molecular formula is C13H30ClNO5. The van der Waals surface area contributed by atoms with Crippen LogP contribution in [-0.2, 0) is 0 Å². The Kier molecular flexibility index (Phi) is 14.3. The number of quaternary nitrogens is 1. The van der Waals surface area contributed by atoms with E-state index in [-0.39, 0.29) is 0 Å². The van der Waals surface area contributed by atoms with Gasteiger partial charge >= 0.3 is 0 Å². The molecule has 0 spiro atoms. The summed E-state index contributed by atoms with van der Waals surface area (Å²) in [6.07, 6.45) is 9.59. The second kappa shape index (κ2) is 12.8. The van der Waals surface area contributed by atoms with Gasteiger partial charge in [-0.2, -0.15) is 0 Å². The summed E-state index contributed by atoms with van der Waals surface area (Å²) in [5, 5.41) is 8.89. The van der Waals surface area contributed by atoms with E-state index in [2.05, 4.69) is 21.0 Å². The van der Waals surface area contributed by atoms with Crippen molar-refractivity contribution in [3.05, 3.63) is 0 Å². The molecule has 0 aliphatic carbocycles. The molecule has 0 aliphatic rings. The van der Waals surface area contributed by atoms with Crippen molar-refractivity contribution in [1.29, 1.82) is 0 Å². The Balaban J connectivity index is 0. The van der Waals surface area contributed by atoms with Crippen LogP contribution in [-0.4, -0.2) is 43.4 Å². The van der Waals surface area contributed by atoms with Crippen LogP contribution in [0.5, 0.6) is 0 Å². The third-order valence-corrected chi connectivity index (χ3v) is 3.07. The van der Waals surface area contributed by atoms with Crippen LogP contribution in [0.1, 0.15) is 51.9 Å². The van der Waals surface area contributed by atoms with E-state index in [4.69, 9.17) is 23.7 Å². The van der Waals surface area contributed by atoms with Crippen molar-refractivity contribution in [1.82, 2.24) is 0 Å². The van der Waals surface area contributed by atoms with Gasteiger partial charge in [0, 0.05) is 0 Å². The minimum Gasteiger partial charge on any atom is -0.391 e. The molecule has 0 radical (unpaired) electrons. The lowest BCUT2D eigenvalue weighted by molar-refractivity contribution is -2.00. The van der Waals surface area contributed by atoms with Gasteiger partial charge in [-0.1, -0.05) is 39.0 Å². The normalized spacial score (nSPS) is 12.0. The molecule has 0 aromatic rings. The number of halogens is 1. The summed E-state index contributed by atoms with van der Waals surface area (Å²) in [5.41, 5.74) is 0. The van der Waals surface area contributed by atoms with Crippen LogP contribution in [0.25, 0.3) is 0 Å². The summed E-state index contributed by atoms with van der Waals surface area (Å²) < 4.78 is 34.9. The van der Waals surface area contributed by atoms with Crippen molar-refractivity contribution in [3.8, 4) is 0 Å². The van der Waals surface area contributed by atoms with E-state index in [1.165, 1.54) is 51.5 Å². The van der Waals surface area contributed by atoms with Crippen LogP contribution in [0.15, 0.2) is 0 Å². The number of aliphatic hydroxyl groups is 1. The van der Waals surface area contributed by atoms with Crippen LogP contribution in [0.4, 0.5) is 0 Å². The lowest BCUT2D eigenvalue weighted by Crippen LogP contribution is -2.68. The van der Waals surface area contributed by atoms with Crippen LogP contribution in [0, 0.1) is 10.2 Å². The number of likely N-dealkylation sites (N-methyl/N-ethyl adjacent to an activating group) is 1. The first-order valence-electron chi connectivity index (χ1n) is 7.17. The van der Waals surface area contributed by atoms with Gasteiger partial charge in [0.05, 0.1) is 27.2 Å². The van der Waals surface area contributed by atoms with Gasteiger partial charge in [-0.25, -0.2) is 18.6 Å². The SMILES string of the molecule is CCCCCCCCC[N+](C)(C)CCO.[O-][Cl+3]([O-])([O-])[O-]. The Labute approximate surface area is 125 Å². The summed E-state index contributed by atoms with van der Waals surface area (Å²) in [6, 6.07) is 0. The first-order valence-corrected chi connectivity index (χ1v) is 8.40. The molecule has 0 saturated heterocycles. The molecule has 0 saturated carbocycles. The minimum atomic E-state index is -4.94. The molecule has 6 nitrogen and oxygen atoms in total. The van der Waals surface area contributed by atoms with Gasteiger partial charge in [-0.15, -0.1) is 10.2 Å². The third-order valence-electron chi connectivity index (χ3n) is 3.07. The van der Waals surface area contributed by atoms with E-state index in [1.54, 1.807) is 0 Å². The maximum absolute atomic E-state index is 8.89. The molecule has 0 rings (SSSR count). The molecule has 0 aliphatic heterocycles. The smallest absolute Gasteiger partial charge is 0.102 e. The van der Waals surface area contributed by atoms with Crippen LogP contribution in [0.3, 0.4) is 0 Å². The average Bonchev–Trinajstić information content (AvgIpc) is 2.25. The molecule has 0 unspecified atom stereocenters. The van der Waals surface area contributed by atoms with E-state index >= 15 is 0 Å². The molecule has 0 aromatic carbocycles. The van der Waals surface area contributed by atoms with Crippen molar-refractivity contribution in [2.45, 2.75) is 51.9 Å². The zero-order chi connectivity index (χ0) is 16.1. The zero-order valence-electron chi connectivity index (χ0n) is 13.0. The third kappa shape index (κ3) is 26.6. The van der Waals surface area contributed by atoms with Gasteiger partial charge in [0.1, 0.15) is 6.54 Å². The predicted molar refractivity (Wildman–Crippen MR) is 66.9 cm³/mol. The van der Waals surface area contributed by atoms with E-state index in [9.17, 15) is 0 Å². The number of hydrogen-bond acceptors (Lipinski definition) is 5. The fourth-order valence-electron chi connectivity index (χ4n) is 1.88. The standard InChI is InChI=1S/C13H30NO.ClHO4/c1-4-5-6-7-8-9-10-11-14(2,3)12-13-15;2-1(3,4)5/h15H,4-13H2,1-3H3;(H,2,3,4,5)/q+1;/p-1. The number of aliphatic hydroxyl groups excluding tert-OH is 1. The molecule has 0 bridgehead atoms. The quantitative estimate of drug-likeness (QED) is 0.372. The lowest BCUT2D eigenvalue weighted by atomic mass is 10.1. The molecule has 0 heterocycles. The summed E-state index contributed by atoms with van der Waals surface area (Å²) >= 11 is 0. The van der Waals surface area contributed by atoms with E-state index < -0.39 is 10.2 Å². The Morgan fingerprint density at radius 3 is 1.60 bits per heavy atom. The maximum atomic E-state index is 8.89. The fourth-order valence-corrected chi connectivity index (χ4v) is 1.88. The largest absolute Gasteiger partial charge is 0.391 e. The lowest BCUT2D eigenvalue weighted by Gasteiger charge is -2.28. The molecule has 20 heavy (non-hydrogen) atoms. The van der Waals surface area contributed by atoms with Gasteiger partial charge in [0.2, 0.25) is 0 Å². The molecule has 0 fully saturated rings. The summed E-state index contributed by atoms with van der Waals surface area (Å²) in [4.78, 5) is 0. The van der Waals surface area contributed by atoms with Crippen molar-refractivity contribution in [2.24, 2.45) is 0 Å². The zero-order valence-corrected chi connectivity index (χ0v) is 13.7. The van der Waals surface area contributed by atoms with E-state index in [0.717, 1.165) is 11.0 Å². The molecule has 7 heteroatoms. The second-order valence-corrected chi connectivity index (χ2v) is 6.36. The molecule has 0 aromatic heterocycles. The number of nitrogens with zero attached hydrogens (tertiary/aromatic N) is 1. The topological polar surface area (TPSA) is 112 Å². The van der Waals surface area contributed by atoms with E-state index in [1.807, 2.05) is 0 Å². The molecule has 124 valence electrons. The van der Waals surface area contributed by atoms with Gasteiger partial charge in [-0.05, 0) is 12.8 Å². The molecule has 0 amide bonds. The minimum absolute atomic E-state index is 0.309. The predicted octanol–water partition coefficient (Wildman–Crippen LogP) is -1.95. The van der Waals surface area contributed by atoms with Crippen LogP contribution < -0.4 is 18.6 Å². The van der Waals surface area contributed by atoms with Crippen molar-refractivity contribution in [3.63, 3.8) is 0 Å². The Morgan fingerprint density at radius 2 is 1.20 bits per heavy atom. The van der Waals surface area contributed by atoms with Crippen LogP contribution >= 0.6 is 0 Å². The highest BCUT2D eigenvalue weighted by Gasteiger charge is 2.12. The fraction of sp³-hybridized carbons (Fsp3) is 1.00. The monoisotopic (exact) mass is 315 g/mol. The highest BCUT2D eigenvalue weighted by Crippen LogP contribution is 2.08. The molecule has 1 N–H and O–H groups in total.